The van der Waals surface area contributed by atoms with E-state index in [1.54, 1.807) is 0 Å². The molecule has 0 radical (unpaired) electrons. The second kappa shape index (κ2) is 8.37. The van der Waals surface area contributed by atoms with Gasteiger partial charge in [0.25, 0.3) is 5.91 Å². The summed E-state index contributed by atoms with van der Waals surface area (Å²) in [4.78, 5) is 50.8. The zero-order valence-electron chi connectivity index (χ0n) is 15.7. The van der Waals surface area contributed by atoms with Crippen LogP contribution in [0.1, 0.15) is 12.8 Å². The van der Waals surface area contributed by atoms with Crippen LogP contribution >= 0.6 is 31.9 Å². The van der Waals surface area contributed by atoms with E-state index in [0.29, 0.717) is 5.69 Å². The lowest BCUT2D eigenvalue weighted by Gasteiger charge is -2.28. The Labute approximate surface area is 188 Å². The van der Waals surface area contributed by atoms with Gasteiger partial charge in [0.2, 0.25) is 11.8 Å². The molecular weight excluding hydrogens is 527 g/mol. The number of ether oxygens (including phenoxy) is 1. The molecule has 0 aromatic heterocycles. The summed E-state index contributed by atoms with van der Waals surface area (Å²) in [5.41, 5.74) is 0.377. The molecule has 1 aromatic carbocycles. The number of esters is 1. The third-order valence-corrected chi connectivity index (χ3v) is 9.32. The normalized spacial score (nSPS) is 31.8. The highest BCUT2D eigenvalue weighted by atomic mass is 79.9. The lowest BCUT2D eigenvalue weighted by molar-refractivity contribution is -0.149. The number of fused-ring (bicyclic) bond motifs is 5. The van der Waals surface area contributed by atoms with Gasteiger partial charge in [0.15, 0.2) is 6.61 Å². The monoisotopic (exact) mass is 544 g/mol. The molecule has 2 aliphatic carbocycles. The third-order valence-electron chi connectivity index (χ3n) is 6.11. The van der Waals surface area contributed by atoms with Gasteiger partial charge in [0, 0.05) is 21.9 Å². The SMILES string of the molecule is O=C(COC(=O)CCN1C(=O)[C@@H]2[C@H]3C[C@@H]([C@H](Br)[C@H]3Br)[C@@H]2C1=O)Nc1ccc(F)cc1. The van der Waals surface area contributed by atoms with Crippen molar-refractivity contribution in [1.82, 2.24) is 4.90 Å². The zero-order valence-corrected chi connectivity index (χ0v) is 18.9. The van der Waals surface area contributed by atoms with E-state index in [0.717, 1.165) is 6.42 Å². The number of imide groups is 1. The van der Waals surface area contributed by atoms with Crippen LogP contribution in [0.2, 0.25) is 0 Å². The lowest BCUT2D eigenvalue weighted by atomic mass is 9.81. The standard InChI is InChI=1S/C20H19Br2FN2O5/c21-17-11-7-12(18(17)22)16-15(11)19(28)25(20(16)29)6-5-14(27)30-8-13(26)24-10-3-1-9(23)2-4-10/h1-4,11-12,15-18H,5-8H2,(H,24,26)/t11-,12-,15-,16+,17+,18+/m1/s1. The molecule has 6 atom stereocenters. The molecule has 3 fully saturated rings. The van der Waals surface area contributed by atoms with Crippen molar-refractivity contribution in [3.63, 3.8) is 0 Å². The van der Waals surface area contributed by atoms with Gasteiger partial charge in [0.1, 0.15) is 5.82 Å². The number of likely N-dealkylation sites (tertiary alicyclic amines) is 1. The molecule has 1 N–H and O–H groups in total. The number of carbonyl (C=O) groups excluding carboxylic acids is 4. The summed E-state index contributed by atoms with van der Waals surface area (Å²) >= 11 is 7.26. The summed E-state index contributed by atoms with van der Waals surface area (Å²) in [7, 11) is 0. The molecule has 7 nitrogen and oxygen atoms in total. The van der Waals surface area contributed by atoms with E-state index < -0.39 is 24.3 Å². The zero-order chi connectivity index (χ0) is 21.6. The molecular formula is C20H19Br2FN2O5. The van der Waals surface area contributed by atoms with Gasteiger partial charge >= 0.3 is 5.97 Å². The van der Waals surface area contributed by atoms with E-state index >= 15 is 0 Å². The first-order valence-corrected chi connectivity index (χ1v) is 11.5. The van der Waals surface area contributed by atoms with E-state index in [9.17, 15) is 23.6 Å². The predicted octanol–water partition coefficient (Wildman–Crippen LogP) is 2.48. The quantitative estimate of drug-likeness (QED) is 0.337. The van der Waals surface area contributed by atoms with E-state index in [4.69, 9.17) is 4.74 Å². The van der Waals surface area contributed by atoms with Crippen molar-refractivity contribution in [2.24, 2.45) is 23.7 Å². The molecule has 30 heavy (non-hydrogen) atoms. The predicted molar refractivity (Wildman–Crippen MR) is 111 cm³/mol. The Bertz CT molecular complexity index is 864. The molecule has 10 heteroatoms. The van der Waals surface area contributed by atoms with Gasteiger partial charge in [0.05, 0.1) is 18.3 Å². The number of nitrogens with one attached hydrogen (secondary N) is 1. The van der Waals surface area contributed by atoms with Gasteiger partial charge in [-0.15, -0.1) is 0 Å². The molecule has 1 heterocycles. The van der Waals surface area contributed by atoms with Crippen LogP contribution < -0.4 is 5.32 Å². The molecule has 0 spiro atoms. The Balaban J connectivity index is 1.25. The molecule has 2 saturated carbocycles. The Morgan fingerprint density at radius 2 is 1.63 bits per heavy atom. The number of alkyl halides is 2. The number of hydrogen-bond acceptors (Lipinski definition) is 5. The Morgan fingerprint density at radius 3 is 2.20 bits per heavy atom. The first-order chi connectivity index (χ1) is 14.3. The fourth-order valence-electron chi connectivity index (χ4n) is 4.78. The first-order valence-electron chi connectivity index (χ1n) is 9.62. The molecule has 3 aliphatic rings. The minimum absolute atomic E-state index is 0.0531. The molecule has 4 rings (SSSR count). The molecule has 1 saturated heterocycles. The van der Waals surface area contributed by atoms with Crippen LogP contribution in [0.3, 0.4) is 0 Å². The Kier molecular flexibility index (Phi) is 5.98. The van der Waals surface area contributed by atoms with Crippen molar-refractivity contribution in [3.05, 3.63) is 30.1 Å². The number of benzene rings is 1. The van der Waals surface area contributed by atoms with E-state index in [1.165, 1.54) is 29.2 Å². The summed E-state index contributed by atoms with van der Waals surface area (Å²) in [5.74, 6) is -2.52. The number of rotatable bonds is 6. The highest BCUT2D eigenvalue weighted by Gasteiger charge is 2.66. The van der Waals surface area contributed by atoms with Crippen LogP contribution in [-0.4, -0.2) is 51.4 Å². The number of halogens is 3. The minimum Gasteiger partial charge on any atom is -0.456 e. The van der Waals surface area contributed by atoms with Crippen molar-refractivity contribution in [2.75, 3.05) is 18.5 Å². The second-order valence-corrected chi connectivity index (χ2v) is 9.91. The maximum atomic E-state index is 12.9. The van der Waals surface area contributed by atoms with Gasteiger partial charge in [-0.2, -0.15) is 0 Å². The number of carbonyl (C=O) groups is 4. The van der Waals surface area contributed by atoms with Crippen molar-refractivity contribution < 1.29 is 28.3 Å². The van der Waals surface area contributed by atoms with E-state index in [1.807, 2.05) is 0 Å². The third kappa shape index (κ3) is 3.79. The van der Waals surface area contributed by atoms with Crippen molar-refractivity contribution in [1.29, 1.82) is 0 Å². The summed E-state index contributed by atoms with van der Waals surface area (Å²) in [5, 5.41) is 2.48. The summed E-state index contributed by atoms with van der Waals surface area (Å²) in [6.07, 6.45) is 0.670. The van der Waals surface area contributed by atoms with Crippen LogP contribution in [0.15, 0.2) is 24.3 Å². The summed E-state index contributed by atoms with van der Waals surface area (Å²) in [6.45, 7) is -0.563. The van der Waals surface area contributed by atoms with E-state index in [2.05, 4.69) is 37.2 Å². The fourth-order valence-corrected chi connectivity index (χ4v) is 6.66. The second-order valence-electron chi connectivity index (χ2n) is 7.80. The molecule has 1 aliphatic heterocycles. The van der Waals surface area contributed by atoms with Crippen LogP contribution in [-0.2, 0) is 23.9 Å². The van der Waals surface area contributed by atoms with Gasteiger partial charge in [-0.25, -0.2) is 4.39 Å². The first kappa shape index (κ1) is 21.4. The van der Waals surface area contributed by atoms with Crippen LogP contribution in [0, 0.1) is 29.5 Å². The Hall–Kier alpha value is -1.81. The minimum atomic E-state index is -0.679. The van der Waals surface area contributed by atoms with E-state index in [-0.39, 0.29) is 58.1 Å². The fraction of sp³-hybridized carbons (Fsp3) is 0.500. The molecule has 3 amide bonds. The molecule has 1 aromatic rings. The molecule has 160 valence electrons. The highest BCUT2D eigenvalue weighted by molar-refractivity contribution is 9.12. The maximum Gasteiger partial charge on any atom is 0.308 e. The van der Waals surface area contributed by atoms with Crippen LogP contribution in [0.5, 0.6) is 0 Å². The van der Waals surface area contributed by atoms with Crippen molar-refractivity contribution >= 4 is 61.2 Å². The van der Waals surface area contributed by atoms with Crippen LogP contribution in [0.25, 0.3) is 0 Å². The van der Waals surface area contributed by atoms with Crippen molar-refractivity contribution in [2.45, 2.75) is 22.5 Å². The molecule has 0 unspecified atom stereocenters. The van der Waals surface area contributed by atoms with Gasteiger partial charge in [-0.1, -0.05) is 31.9 Å². The topological polar surface area (TPSA) is 92.8 Å². The number of anilines is 1. The van der Waals surface area contributed by atoms with Gasteiger partial charge in [-0.05, 0) is 42.5 Å². The number of nitrogens with zero attached hydrogens (tertiary/aromatic N) is 1. The number of hydrogen-bond donors (Lipinski definition) is 1. The van der Waals surface area contributed by atoms with Crippen LogP contribution in [0.4, 0.5) is 10.1 Å². The average molecular weight is 546 g/mol. The van der Waals surface area contributed by atoms with Gasteiger partial charge < -0.3 is 10.1 Å². The van der Waals surface area contributed by atoms with Gasteiger partial charge in [-0.3, -0.25) is 24.1 Å². The summed E-state index contributed by atoms with van der Waals surface area (Å²) < 4.78 is 17.8. The largest absolute Gasteiger partial charge is 0.456 e. The highest BCUT2D eigenvalue weighted by Crippen LogP contribution is 2.60. The van der Waals surface area contributed by atoms with Crippen molar-refractivity contribution in [3.8, 4) is 0 Å². The average Bonchev–Trinajstić information content (AvgIpc) is 3.32. The number of amides is 3. The molecule has 2 bridgehead atoms. The lowest BCUT2D eigenvalue weighted by Crippen LogP contribution is -2.37. The summed E-state index contributed by atoms with van der Waals surface area (Å²) in [6, 6.07) is 5.17. The Morgan fingerprint density at radius 1 is 1.07 bits per heavy atom. The smallest absolute Gasteiger partial charge is 0.308 e. The maximum absolute atomic E-state index is 12.9.